The van der Waals surface area contributed by atoms with Crippen LogP contribution in [0.25, 0.3) is 5.69 Å². The molecule has 0 aliphatic rings. The number of carbonyl (C=O) groups is 1. The number of para-hydroxylation sites is 1. The van der Waals surface area contributed by atoms with Gasteiger partial charge >= 0.3 is 0 Å². The lowest BCUT2D eigenvalue weighted by Crippen LogP contribution is -2.35. The topological polar surface area (TPSA) is 64.2 Å². The van der Waals surface area contributed by atoms with Gasteiger partial charge in [0, 0.05) is 24.8 Å². The maximum absolute atomic E-state index is 12.8. The van der Waals surface area contributed by atoms with E-state index in [9.17, 15) is 4.79 Å². The largest absolute Gasteiger partial charge is 0.340 e. The highest BCUT2D eigenvalue weighted by Crippen LogP contribution is 2.22. The number of nitrogens with two attached hydrogens (primary N) is 1. The maximum Gasteiger partial charge on any atom is 0.244 e. The van der Waals surface area contributed by atoms with Crippen LogP contribution in [-0.4, -0.2) is 27.6 Å². The summed E-state index contributed by atoms with van der Waals surface area (Å²) in [6, 6.07) is 16.9. The van der Waals surface area contributed by atoms with E-state index in [2.05, 4.69) is 19.1 Å². The summed E-state index contributed by atoms with van der Waals surface area (Å²) < 4.78 is 1.95. The molecule has 0 aliphatic carbocycles. The molecule has 5 heteroatoms. The van der Waals surface area contributed by atoms with Gasteiger partial charge in [-0.15, -0.1) is 0 Å². The second kappa shape index (κ2) is 7.76. The summed E-state index contributed by atoms with van der Waals surface area (Å²) in [5.41, 5.74) is 12.2. The Kier molecular flexibility index (Phi) is 5.42. The molecule has 0 bridgehead atoms. The van der Waals surface area contributed by atoms with Crippen LogP contribution in [0.4, 0.5) is 0 Å². The first-order valence-corrected chi connectivity index (χ1v) is 9.06. The molecule has 1 heterocycles. The highest BCUT2D eigenvalue weighted by molar-refractivity contribution is 5.82. The second-order valence-corrected chi connectivity index (χ2v) is 6.93. The van der Waals surface area contributed by atoms with Crippen LogP contribution in [0.2, 0.25) is 0 Å². The molecule has 0 aliphatic heterocycles. The van der Waals surface area contributed by atoms with Gasteiger partial charge in [-0.3, -0.25) is 4.79 Å². The van der Waals surface area contributed by atoms with E-state index in [1.807, 2.05) is 61.0 Å². The minimum atomic E-state index is -0.664. The lowest BCUT2D eigenvalue weighted by Gasteiger charge is -2.22. The van der Waals surface area contributed by atoms with Gasteiger partial charge in [0.2, 0.25) is 5.91 Å². The molecule has 0 saturated heterocycles. The van der Waals surface area contributed by atoms with Crippen molar-refractivity contribution in [3.8, 4) is 5.69 Å². The maximum atomic E-state index is 12.8. The van der Waals surface area contributed by atoms with Crippen LogP contribution in [0, 0.1) is 20.8 Å². The second-order valence-electron chi connectivity index (χ2n) is 6.93. The summed E-state index contributed by atoms with van der Waals surface area (Å²) in [6.45, 7) is 6.56. The van der Waals surface area contributed by atoms with Gasteiger partial charge in [0.15, 0.2) is 0 Å². The van der Waals surface area contributed by atoms with Gasteiger partial charge in [0.05, 0.1) is 11.4 Å². The quantitative estimate of drug-likeness (QED) is 0.756. The molecule has 27 heavy (non-hydrogen) atoms. The first-order valence-electron chi connectivity index (χ1n) is 9.06. The molecule has 3 rings (SSSR count). The molecule has 0 spiro atoms. The molecule has 2 N–H and O–H groups in total. The number of rotatable bonds is 5. The molecule has 1 atom stereocenters. The van der Waals surface area contributed by atoms with E-state index in [4.69, 9.17) is 10.8 Å². The lowest BCUT2D eigenvalue weighted by molar-refractivity contribution is -0.132. The van der Waals surface area contributed by atoms with Crippen LogP contribution >= 0.6 is 0 Å². The van der Waals surface area contributed by atoms with Crippen LogP contribution in [0.15, 0.2) is 54.6 Å². The van der Waals surface area contributed by atoms with Crippen molar-refractivity contribution in [2.45, 2.75) is 33.4 Å². The fraction of sp³-hybridized carbons (Fsp3) is 0.273. The van der Waals surface area contributed by atoms with Crippen LogP contribution < -0.4 is 5.73 Å². The predicted molar refractivity (Wildman–Crippen MR) is 108 cm³/mol. The standard InChI is InChI=1S/C22H26N4O/c1-15-10-8-9-13-20(15)26-17(3)19(16(2)24-26)14-25(4)22(27)21(23)18-11-6-5-7-12-18/h5-13,21H,14,23H2,1-4H3. The summed E-state index contributed by atoms with van der Waals surface area (Å²) in [5, 5.41) is 4.70. The summed E-state index contributed by atoms with van der Waals surface area (Å²) in [5.74, 6) is -0.108. The van der Waals surface area contributed by atoms with E-state index in [-0.39, 0.29) is 5.91 Å². The average molecular weight is 362 g/mol. The van der Waals surface area contributed by atoms with Crippen molar-refractivity contribution >= 4 is 5.91 Å². The van der Waals surface area contributed by atoms with Crippen LogP contribution in [0.3, 0.4) is 0 Å². The molecule has 1 unspecified atom stereocenters. The van der Waals surface area contributed by atoms with Crippen LogP contribution in [-0.2, 0) is 11.3 Å². The first-order chi connectivity index (χ1) is 12.9. The summed E-state index contributed by atoms with van der Waals surface area (Å²) in [7, 11) is 1.79. The van der Waals surface area contributed by atoms with Crippen molar-refractivity contribution in [2.24, 2.45) is 5.73 Å². The molecule has 0 fully saturated rings. The number of nitrogens with zero attached hydrogens (tertiary/aromatic N) is 3. The Balaban J connectivity index is 1.84. The van der Waals surface area contributed by atoms with Gasteiger partial charge in [0.1, 0.15) is 6.04 Å². The number of likely N-dealkylation sites (N-methyl/N-ethyl adjacent to an activating group) is 1. The number of aryl methyl sites for hydroxylation is 2. The molecule has 1 aromatic heterocycles. The molecular weight excluding hydrogens is 336 g/mol. The average Bonchev–Trinajstić information content (AvgIpc) is 2.96. The molecule has 3 aromatic rings. The van der Waals surface area contributed by atoms with Crippen molar-refractivity contribution in [2.75, 3.05) is 7.05 Å². The Bertz CT molecular complexity index is 946. The summed E-state index contributed by atoms with van der Waals surface area (Å²) >= 11 is 0. The van der Waals surface area contributed by atoms with Gasteiger partial charge in [-0.05, 0) is 38.0 Å². The molecule has 140 valence electrons. The van der Waals surface area contributed by atoms with Crippen molar-refractivity contribution in [1.82, 2.24) is 14.7 Å². The van der Waals surface area contributed by atoms with Crippen LogP contribution in [0.1, 0.15) is 34.1 Å². The van der Waals surface area contributed by atoms with Gasteiger partial charge < -0.3 is 10.6 Å². The highest BCUT2D eigenvalue weighted by Gasteiger charge is 2.22. The molecule has 0 saturated carbocycles. The highest BCUT2D eigenvalue weighted by atomic mass is 16.2. The number of benzene rings is 2. The molecule has 1 amide bonds. The van der Waals surface area contributed by atoms with E-state index < -0.39 is 6.04 Å². The molecular formula is C22H26N4O. The molecule has 2 aromatic carbocycles. The number of hydrogen-bond donors (Lipinski definition) is 1. The van der Waals surface area contributed by atoms with Gasteiger partial charge in [-0.1, -0.05) is 48.5 Å². The third-order valence-corrected chi connectivity index (χ3v) is 4.98. The third-order valence-electron chi connectivity index (χ3n) is 4.98. The SMILES string of the molecule is Cc1ccccc1-n1nc(C)c(CN(C)C(=O)C(N)c2ccccc2)c1C. The van der Waals surface area contributed by atoms with Gasteiger partial charge in [-0.25, -0.2) is 4.68 Å². The van der Waals surface area contributed by atoms with E-state index in [1.54, 1.807) is 11.9 Å². The summed E-state index contributed by atoms with van der Waals surface area (Å²) in [6.07, 6.45) is 0. The Hall–Kier alpha value is -2.92. The monoisotopic (exact) mass is 362 g/mol. The Morgan fingerprint density at radius 1 is 1.07 bits per heavy atom. The zero-order valence-electron chi connectivity index (χ0n) is 16.3. The Labute approximate surface area is 160 Å². The minimum absolute atomic E-state index is 0.108. The fourth-order valence-corrected chi connectivity index (χ4v) is 3.29. The predicted octanol–water partition coefficient (Wildman–Crippen LogP) is 3.46. The fourth-order valence-electron chi connectivity index (χ4n) is 3.29. The molecule has 0 radical (unpaired) electrons. The van der Waals surface area contributed by atoms with Crippen LogP contribution in [0.5, 0.6) is 0 Å². The lowest BCUT2D eigenvalue weighted by atomic mass is 10.1. The minimum Gasteiger partial charge on any atom is -0.340 e. The van der Waals surface area contributed by atoms with Crippen molar-refractivity contribution in [1.29, 1.82) is 0 Å². The van der Waals surface area contributed by atoms with Crippen molar-refractivity contribution in [3.05, 3.63) is 82.7 Å². The first kappa shape index (κ1) is 18.9. The third kappa shape index (κ3) is 3.78. The van der Waals surface area contributed by atoms with E-state index in [0.29, 0.717) is 6.54 Å². The zero-order valence-corrected chi connectivity index (χ0v) is 16.3. The van der Waals surface area contributed by atoms with Gasteiger partial charge in [-0.2, -0.15) is 5.10 Å². The smallest absolute Gasteiger partial charge is 0.244 e. The van der Waals surface area contributed by atoms with Gasteiger partial charge in [0.25, 0.3) is 0 Å². The van der Waals surface area contributed by atoms with Crippen molar-refractivity contribution in [3.63, 3.8) is 0 Å². The van der Waals surface area contributed by atoms with Crippen molar-refractivity contribution < 1.29 is 4.79 Å². The Morgan fingerprint density at radius 3 is 2.37 bits per heavy atom. The van der Waals surface area contributed by atoms with E-state index in [1.165, 1.54) is 0 Å². The van der Waals surface area contributed by atoms with E-state index in [0.717, 1.165) is 33.8 Å². The normalized spacial score (nSPS) is 12.0. The number of hydrogen-bond acceptors (Lipinski definition) is 3. The number of carbonyl (C=O) groups excluding carboxylic acids is 1. The summed E-state index contributed by atoms with van der Waals surface area (Å²) in [4.78, 5) is 14.5. The Morgan fingerprint density at radius 2 is 1.70 bits per heavy atom. The number of amides is 1. The zero-order chi connectivity index (χ0) is 19.6. The molecule has 5 nitrogen and oxygen atoms in total. The van der Waals surface area contributed by atoms with E-state index >= 15 is 0 Å². The number of aromatic nitrogens is 2.